The first-order valence-electron chi connectivity index (χ1n) is 10.5. The second-order valence-electron chi connectivity index (χ2n) is 8.03. The highest BCUT2D eigenvalue weighted by Crippen LogP contribution is 2.39. The molecule has 4 rings (SSSR count). The normalized spacial score (nSPS) is 20.1. The molecule has 0 saturated carbocycles. The first kappa shape index (κ1) is 20.2. The van der Waals surface area contributed by atoms with Crippen molar-refractivity contribution in [1.82, 2.24) is 5.32 Å². The van der Waals surface area contributed by atoms with E-state index in [2.05, 4.69) is 10.2 Å². The summed E-state index contributed by atoms with van der Waals surface area (Å²) in [6.45, 7) is 1.46. The summed E-state index contributed by atoms with van der Waals surface area (Å²) in [5, 5.41) is 14.3. The number of nitro benzene ring substituents is 1. The van der Waals surface area contributed by atoms with Crippen LogP contribution in [0.1, 0.15) is 30.4 Å². The van der Waals surface area contributed by atoms with Crippen LogP contribution in [0.5, 0.6) is 5.75 Å². The molecule has 2 aromatic rings. The molecule has 2 aromatic carbocycles. The van der Waals surface area contributed by atoms with Gasteiger partial charge in [0.05, 0.1) is 18.0 Å². The highest BCUT2D eigenvalue weighted by molar-refractivity contribution is 5.82. The number of methoxy groups -OCH3 is 1. The van der Waals surface area contributed by atoms with Crippen LogP contribution in [-0.4, -0.2) is 37.1 Å². The predicted molar refractivity (Wildman–Crippen MR) is 115 cm³/mol. The van der Waals surface area contributed by atoms with Gasteiger partial charge in [0.15, 0.2) is 0 Å². The fourth-order valence-electron chi connectivity index (χ4n) is 4.70. The number of nitrogens with one attached hydrogen (secondary N) is 1. The fourth-order valence-corrected chi connectivity index (χ4v) is 4.70. The number of benzene rings is 2. The van der Waals surface area contributed by atoms with Crippen molar-refractivity contribution in [2.45, 2.75) is 38.1 Å². The Morgan fingerprint density at radius 3 is 2.77 bits per heavy atom. The van der Waals surface area contributed by atoms with Crippen LogP contribution in [0.3, 0.4) is 0 Å². The Bertz CT molecular complexity index is 929. The summed E-state index contributed by atoms with van der Waals surface area (Å²) in [5.74, 6) is 0.670. The van der Waals surface area contributed by atoms with Crippen LogP contribution in [-0.2, 0) is 17.6 Å². The standard InChI is InChI=1S/C23H27N3O4/c1-30-19-8-5-16(6-9-19)11-12-24-23(27)20-15-17-14-18(26(28)29)7-10-21(17)25-13-3-2-4-22(20)25/h5-10,14,20,22H,2-4,11-13,15H2,1H3,(H,24,27)/t20-,22-/m0/s1. The van der Waals surface area contributed by atoms with E-state index in [9.17, 15) is 14.9 Å². The second kappa shape index (κ2) is 8.73. The van der Waals surface area contributed by atoms with Gasteiger partial charge in [-0.3, -0.25) is 14.9 Å². The van der Waals surface area contributed by atoms with Crippen molar-refractivity contribution >= 4 is 17.3 Å². The smallest absolute Gasteiger partial charge is 0.269 e. The third kappa shape index (κ3) is 4.10. The van der Waals surface area contributed by atoms with Crippen molar-refractivity contribution in [3.63, 3.8) is 0 Å². The van der Waals surface area contributed by atoms with Crippen molar-refractivity contribution in [2.24, 2.45) is 5.92 Å². The molecule has 1 saturated heterocycles. The van der Waals surface area contributed by atoms with E-state index >= 15 is 0 Å². The lowest BCUT2D eigenvalue weighted by Gasteiger charge is -2.45. The SMILES string of the molecule is COc1ccc(CCNC(=O)[C@H]2Cc3cc([N+](=O)[O-])ccc3N3CCCC[C@@H]23)cc1. The maximum Gasteiger partial charge on any atom is 0.269 e. The third-order valence-corrected chi connectivity index (χ3v) is 6.25. The van der Waals surface area contributed by atoms with E-state index in [0.717, 1.165) is 54.8 Å². The average Bonchev–Trinajstić information content (AvgIpc) is 2.78. The maximum absolute atomic E-state index is 13.1. The van der Waals surface area contributed by atoms with Crippen LogP contribution >= 0.6 is 0 Å². The van der Waals surface area contributed by atoms with Gasteiger partial charge in [-0.15, -0.1) is 0 Å². The van der Waals surface area contributed by atoms with E-state index in [4.69, 9.17) is 4.74 Å². The van der Waals surface area contributed by atoms with Gasteiger partial charge in [-0.2, -0.15) is 0 Å². The van der Waals surface area contributed by atoms with Crippen LogP contribution in [0.25, 0.3) is 0 Å². The minimum Gasteiger partial charge on any atom is -0.497 e. The molecule has 1 N–H and O–H groups in total. The molecule has 2 atom stereocenters. The molecular weight excluding hydrogens is 382 g/mol. The van der Waals surface area contributed by atoms with E-state index in [-0.39, 0.29) is 28.5 Å². The van der Waals surface area contributed by atoms with Crippen LogP contribution in [0.15, 0.2) is 42.5 Å². The molecule has 7 nitrogen and oxygen atoms in total. The number of anilines is 1. The van der Waals surface area contributed by atoms with Crippen molar-refractivity contribution in [3.05, 3.63) is 63.7 Å². The molecule has 158 valence electrons. The first-order valence-corrected chi connectivity index (χ1v) is 10.5. The molecule has 1 fully saturated rings. The Balaban J connectivity index is 1.46. The molecule has 30 heavy (non-hydrogen) atoms. The molecule has 1 amide bonds. The topological polar surface area (TPSA) is 84.7 Å². The number of rotatable bonds is 6. The van der Waals surface area contributed by atoms with Gasteiger partial charge in [0.2, 0.25) is 5.91 Å². The number of nitro groups is 1. The van der Waals surface area contributed by atoms with Gasteiger partial charge in [-0.05, 0) is 61.4 Å². The van der Waals surface area contributed by atoms with Crippen LogP contribution < -0.4 is 15.0 Å². The molecule has 2 heterocycles. The molecule has 0 bridgehead atoms. The first-order chi connectivity index (χ1) is 14.6. The summed E-state index contributed by atoms with van der Waals surface area (Å²) in [6.07, 6.45) is 4.47. The zero-order valence-corrected chi connectivity index (χ0v) is 17.2. The molecule has 0 radical (unpaired) electrons. The molecule has 0 aliphatic carbocycles. The van der Waals surface area contributed by atoms with E-state index in [1.165, 1.54) is 0 Å². The number of ether oxygens (including phenoxy) is 1. The number of carbonyl (C=O) groups is 1. The monoisotopic (exact) mass is 409 g/mol. The maximum atomic E-state index is 13.1. The second-order valence-corrected chi connectivity index (χ2v) is 8.03. The van der Waals surface area contributed by atoms with Crippen molar-refractivity contribution in [3.8, 4) is 5.75 Å². The van der Waals surface area contributed by atoms with Crippen LogP contribution in [0, 0.1) is 16.0 Å². The number of hydrogen-bond donors (Lipinski definition) is 1. The molecular formula is C23H27N3O4. The molecule has 2 aliphatic rings. The zero-order chi connectivity index (χ0) is 21.1. The Morgan fingerprint density at radius 2 is 2.03 bits per heavy atom. The quantitative estimate of drug-likeness (QED) is 0.583. The number of carbonyl (C=O) groups excluding carboxylic acids is 1. The van der Waals surface area contributed by atoms with E-state index in [1.54, 1.807) is 19.2 Å². The molecule has 0 unspecified atom stereocenters. The van der Waals surface area contributed by atoms with E-state index in [1.807, 2.05) is 30.3 Å². The van der Waals surface area contributed by atoms with Gasteiger partial charge >= 0.3 is 0 Å². The summed E-state index contributed by atoms with van der Waals surface area (Å²) in [6, 6.07) is 13.1. The van der Waals surface area contributed by atoms with Gasteiger partial charge in [0, 0.05) is 37.0 Å². The Labute approximate surface area is 176 Å². The highest BCUT2D eigenvalue weighted by Gasteiger charge is 2.39. The van der Waals surface area contributed by atoms with E-state index < -0.39 is 0 Å². The summed E-state index contributed by atoms with van der Waals surface area (Å²) >= 11 is 0. The highest BCUT2D eigenvalue weighted by atomic mass is 16.6. The molecule has 0 spiro atoms. The van der Waals surface area contributed by atoms with Gasteiger partial charge in [-0.25, -0.2) is 0 Å². The number of amides is 1. The van der Waals surface area contributed by atoms with Crippen LogP contribution in [0.4, 0.5) is 11.4 Å². The fraction of sp³-hybridized carbons (Fsp3) is 0.435. The van der Waals surface area contributed by atoms with Gasteiger partial charge in [-0.1, -0.05) is 12.1 Å². The zero-order valence-electron chi connectivity index (χ0n) is 17.2. The lowest BCUT2D eigenvalue weighted by Crippen LogP contribution is -2.53. The Kier molecular flexibility index (Phi) is 5.88. The number of piperidine rings is 1. The van der Waals surface area contributed by atoms with Gasteiger partial charge in [0.25, 0.3) is 5.69 Å². The Hall–Kier alpha value is -3.09. The minimum absolute atomic E-state index is 0.0394. The van der Waals surface area contributed by atoms with Crippen molar-refractivity contribution < 1.29 is 14.5 Å². The largest absolute Gasteiger partial charge is 0.497 e. The lowest BCUT2D eigenvalue weighted by molar-refractivity contribution is -0.384. The summed E-state index contributed by atoms with van der Waals surface area (Å²) < 4.78 is 5.18. The lowest BCUT2D eigenvalue weighted by atomic mass is 9.80. The molecule has 7 heteroatoms. The number of fused-ring (bicyclic) bond motifs is 3. The van der Waals surface area contributed by atoms with Gasteiger partial charge in [0.1, 0.15) is 5.75 Å². The average molecular weight is 409 g/mol. The third-order valence-electron chi connectivity index (χ3n) is 6.25. The van der Waals surface area contributed by atoms with Gasteiger partial charge < -0.3 is 15.0 Å². The molecule has 0 aromatic heterocycles. The number of hydrogen-bond acceptors (Lipinski definition) is 5. The Morgan fingerprint density at radius 1 is 1.23 bits per heavy atom. The van der Waals surface area contributed by atoms with Crippen molar-refractivity contribution in [2.75, 3.05) is 25.1 Å². The van der Waals surface area contributed by atoms with E-state index in [0.29, 0.717) is 13.0 Å². The predicted octanol–water partition coefficient (Wildman–Crippen LogP) is 3.49. The summed E-state index contributed by atoms with van der Waals surface area (Å²) in [4.78, 5) is 26.2. The van der Waals surface area contributed by atoms with Crippen molar-refractivity contribution in [1.29, 1.82) is 0 Å². The van der Waals surface area contributed by atoms with Crippen LogP contribution in [0.2, 0.25) is 0 Å². The number of nitrogens with zero attached hydrogens (tertiary/aromatic N) is 2. The molecule has 2 aliphatic heterocycles. The summed E-state index contributed by atoms with van der Waals surface area (Å²) in [5.41, 5.74) is 3.17. The summed E-state index contributed by atoms with van der Waals surface area (Å²) in [7, 11) is 1.64. The number of non-ortho nitro benzene ring substituents is 1. The minimum atomic E-state index is -0.369.